The van der Waals surface area contributed by atoms with Gasteiger partial charge >= 0.3 is 0 Å². The Morgan fingerprint density at radius 2 is 1.52 bits per heavy atom. The molecule has 2 amide bonds. The Morgan fingerprint density at radius 3 is 2.21 bits per heavy atom. The summed E-state index contributed by atoms with van der Waals surface area (Å²) in [6.45, 7) is 2.00. The molecule has 0 saturated carbocycles. The molecule has 1 unspecified atom stereocenters. The molecular weight excluding hydrogens is 384 g/mol. The Hall–Kier alpha value is -3.11. The van der Waals surface area contributed by atoms with E-state index in [4.69, 9.17) is 11.6 Å². The predicted octanol–water partition coefficient (Wildman–Crippen LogP) is 5.34. The smallest absolute Gasteiger partial charge is 0.257 e. The number of amides is 2. The molecule has 0 aromatic heterocycles. The maximum Gasteiger partial charge on any atom is 0.257 e. The average molecular weight is 407 g/mol. The van der Waals surface area contributed by atoms with Gasteiger partial charge in [-0.2, -0.15) is 0 Å². The molecular formula is C24H23ClN2O2. The summed E-state index contributed by atoms with van der Waals surface area (Å²) >= 11 is 6.05. The van der Waals surface area contributed by atoms with Gasteiger partial charge in [0.2, 0.25) is 0 Å². The van der Waals surface area contributed by atoms with Gasteiger partial charge < -0.3 is 10.6 Å². The molecule has 4 nitrogen and oxygen atoms in total. The van der Waals surface area contributed by atoms with Crippen molar-refractivity contribution in [3.8, 4) is 0 Å². The number of aryl methyl sites for hydroxylation is 1. The summed E-state index contributed by atoms with van der Waals surface area (Å²) in [6, 6.07) is 23.9. The third-order valence-electron chi connectivity index (χ3n) is 4.61. The quantitative estimate of drug-likeness (QED) is 0.556. The van der Waals surface area contributed by atoms with Crippen LogP contribution in [0, 0.1) is 0 Å². The normalized spacial score (nSPS) is 11.5. The first kappa shape index (κ1) is 20.6. The minimum absolute atomic E-state index is 0.0577. The van der Waals surface area contributed by atoms with Crippen LogP contribution in [0.2, 0.25) is 5.02 Å². The zero-order chi connectivity index (χ0) is 20.6. The van der Waals surface area contributed by atoms with Gasteiger partial charge in [-0.25, -0.2) is 0 Å². The van der Waals surface area contributed by atoms with E-state index in [0.717, 1.165) is 12.8 Å². The minimum Gasteiger partial charge on any atom is -0.350 e. The van der Waals surface area contributed by atoms with Crippen LogP contribution in [0.4, 0.5) is 5.69 Å². The van der Waals surface area contributed by atoms with E-state index in [9.17, 15) is 9.59 Å². The fraction of sp³-hybridized carbons (Fsp3) is 0.167. The maximum absolute atomic E-state index is 12.5. The molecule has 2 N–H and O–H groups in total. The maximum atomic E-state index is 12.5. The highest BCUT2D eigenvalue weighted by Crippen LogP contribution is 2.17. The van der Waals surface area contributed by atoms with E-state index in [1.54, 1.807) is 48.5 Å². The van der Waals surface area contributed by atoms with E-state index >= 15 is 0 Å². The summed E-state index contributed by atoms with van der Waals surface area (Å²) in [5.41, 5.74) is 2.81. The van der Waals surface area contributed by atoms with Crippen molar-refractivity contribution in [1.82, 2.24) is 5.32 Å². The second-order valence-electron chi connectivity index (χ2n) is 6.91. The van der Waals surface area contributed by atoms with Crippen LogP contribution in [-0.2, 0) is 6.42 Å². The molecule has 0 saturated heterocycles. The largest absolute Gasteiger partial charge is 0.350 e. The Labute approximate surface area is 175 Å². The molecule has 3 rings (SSSR count). The van der Waals surface area contributed by atoms with Crippen molar-refractivity contribution in [3.05, 3.63) is 101 Å². The lowest BCUT2D eigenvalue weighted by Gasteiger charge is -2.14. The van der Waals surface area contributed by atoms with Crippen LogP contribution < -0.4 is 10.6 Å². The monoisotopic (exact) mass is 406 g/mol. The van der Waals surface area contributed by atoms with E-state index in [0.29, 0.717) is 21.8 Å². The molecule has 0 bridgehead atoms. The molecule has 0 aliphatic rings. The van der Waals surface area contributed by atoms with Gasteiger partial charge in [-0.15, -0.1) is 0 Å². The molecule has 0 radical (unpaired) electrons. The molecule has 0 heterocycles. The highest BCUT2D eigenvalue weighted by Gasteiger charge is 2.12. The number of hydrogen-bond donors (Lipinski definition) is 2. The molecule has 5 heteroatoms. The van der Waals surface area contributed by atoms with E-state index in [2.05, 4.69) is 22.8 Å². The Morgan fingerprint density at radius 1 is 0.862 bits per heavy atom. The van der Waals surface area contributed by atoms with Crippen molar-refractivity contribution >= 4 is 29.1 Å². The highest BCUT2D eigenvalue weighted by atomic mass is 35.5. The van der Waals surface area contributed by atoms with Gasteiger partial charge in [-0.3, -0.25) is 9.59 Å². The van der Waals surface area contributed by atoms with Crippen LogP contribution in [-0.4, -0.2) is 17.9 Å². The Kier molecular flexibility index (Phi) is 7.04. The van der Waals surface area contributed by atoms with E-state index < -0.39 is 0 Å². The summed E-state index contributed by atoms with van der Waals surface area (Å²) in [5, 5.41) is 6.20. The number of benzene rings is 3. The summed E-state index contributed by atoms with van der Waals surface area (Å²) in [5.74, 6) is -0.420. The number of anilines is 1. The van der Waals surface area contributed by atoms with Crippen molar-refractivity contribution in [2.24, 2.45) is 0 Å². The van der Waals surface area contributed by atoms with Crippen LogP contribution in [0.1, 0.15) is 39.6 Å². The number of rotatable bonds is 7. The van der Waals surface area contributed by atoms with Crippen LogP contribution in [0.5, 0.6) is 0 Å². The molecule has 3 aromatic carbocycles. The standard InChI is InChI=1S/C24H23ClN2O2/c1-17(11-12-18-7-3-2-4-8-18)26-23(28)19-13-15-20(16-14-19)27-24(29)21-9-5-6-10-22(21)25/h2-10,13-17H,11-12H2,1H3,(H,26,28)(H,27,29). The molecule has 29 heavy (non-hydrogen) atoms. The Balaban J connectivity index is 1.53. The molecule has 3 aromatic rings. The molecule has 148 valence electrons. The molecule has 0 aliphatic carbocycles. The van der Waals surface area contributed by atoms with Crippen molar-refractivity contribution in [1.29, 1.82) is 0 Å². The lowest BCUT2D eigenvalue weighted by Crippen LogP contribution is -2.32. The van der Waals surface area contributed by atoms with E-state index in [-0.39, 0.29) is 17.9 Å². The molecule has 1 atom stereocenters. The first-order valence-corrected chi connectivity index (χ1v) is 9.91. The zero-order valence-corrected chi connectivity index (χ0v) is 16.9. The average Bonchev–Trinajstić information content (AvgIpc) is 2.74. The summed E-state index contributed by atoms with van der Waals surface area (Å²) < 4.78 is 0. The van der Waals surface area contributed by atoms with Crippen LogP contribution in [0.25, 0.3) is 0 Å². The van der Waals surface area contributed by atoms with Gasteiger partial charge in [0.15, 0.2) is 0 Å². The number of hydrogen-bond acceptors (Lipinski definition) is 2. The molecule has 0 aliphatic heterocycles. The van der Waals surface area contributed by atoms with Crippen LogP contribution in [0.15, 0.2) is 78.9 Å². The van der Waals surface area contributed by atoms with Gasteiger partial charge in [-0.05, 0) is 61.7 Å². The Bertz CT molecular complexity index is 972. The summed E-state index contributed by atoms with van der Waals surface area (Å²) in [7, 11) is 0. The highest BCUT2D eigenvalue weighted by molar-refractivity contribution is 6.34. The topological polar surface area (TPSA) is 58.2 Å². The number of carbonyl (C=O) groups is 2. The van der Waals surface area contributed by atoms with E-state index in [1.165, 1.54) is 5.56 Å². The van der Waals surface area contributed by atoms with Crippen LogP contribution >= 0.6 is 11.6 Å². The third kappa shape index (κ3) is 5.93. The third-order valence-corrected chi connectivity index (χ3v) is 4.94. The number of halogens is 1. The van der Waals surface area contributed by atoms with Gasteiger partial charge in [-0.1, -0.05) is 54.1 Å². The van der Waals surface area contributed by atoms with E-state index in [1.807, 2.05) is 25.1 Å². The van der Waals surface area contributed by atoms with Gasteiger partial charge in [0.1, 0.15) is 0 Å². The summed E-state index contributed by atoms with van der Waals surface area (Å²) in [4.78, 5) is 24.8. The predicted molar refractivity (Wildman–Crippen MR) is 118 cm³/mol. The summed E-state index contributed by atoms with van der Waals surface area (Å²) in [6.07, 6.45) is 1.77. The fourth-order valence-corrected chi connectivity index (χ4v) is 3.18. The molecule has 0 fully saturated rings. The zero-order valence-electron chi connectivity index (χ0n) is 16.2. The van der Waals surface area contributed by atoms with Crippen molar-refractivity contribution in [2.75, 3.05) is 5.32 Å². The van der Waals surface area contributed by atoms with Crippen molar-refractivity contribution in [2.45, 2.75) is 25.8 Å². The second kappa shape index (κ2) is 9.89. The molecule has 0 spiro atoms. The number of carbonyl (C=O) groups excluding carboxylic acids is 2. The first-order valence-electron chi connectivity index (χ1n) is 9.53. The van der Waals surface area contributed by atoms with Crippen LogP contribution in [0.3, 0.4) is 0 Å². The first-order chi connectivity index (χ1) is 14.0. The van der Waals surface area contributed by atoms with Crippen molar-refractivity contribution in [3.63, 3.8) is 0 Å². The fourth-order valence-electron chi connectivity index (χ4n) is 2.96. The SMILES string of the molecule is CC(CCc1ccccc1)NC(=O)c1ccc(NC(=O)c2ccccc2Cl)cc1. The van der Waals surface area contributed by atoms with Gasteiger partial charge in [0.05, 0.1) is 10.6 Å². The van der Waals surface area contributed by atoms with Gasteiger partial charge in [0, 0.05) is 17.3 Å². The van der Waals surface area contributed by atoms with Crippen molar-refractivity contribution < 1.29 is 9.59 Å². The lowest BCUT2D eigenvalue weighted by atomic mass is 10.1. The lowest BCUT2D eigenvalue weighted by molar-refractivity contribution is 0.0938. The van der Waals surface area contributed by atoms with Gasteiger partial charge in [0.25, 0.3) is 11.8 Å². The second-order valence-corrected chi connectivity index (χ2v) is 7.32. The minimum atomic E-state index is -0.290. The number of nitrogens with one attached hydrogen (secondary N) is 2.